The van der Waals surface area contributed by atoms with Gasteiger partial charge in [0.05, 0.1) is 5.04 Å². The SMILES string of the molecule is CCCC1=CC2C(=O)N=CN=C2S1. The van der Waals surface area contributed by atoms with Gasteiger partial charge >= 0.3 is 0 Å². The van der Waals surface area contributed by atoms with E-state index in [1.54, 1.807) is 11.8 Å². The zero-order valence-corrected chi connectivity index (χ0v) is 8.17. The number of allylic oxidation sites excluding steroid dienone is 1. The number of carbonyl (C=O) groups is 1. The molecule has 1 atom stereocenters. The van der Waals surface area contributed by atoms with Crippen molar-refractivity contribution in [2.24, 2.45) is 15.9 Å². The van der Waals surface area contributed by atoms with Gasteiger partial charge in [-0.1, -0.05) is 31.2 Å². The Morgan fingerprint density at radius 3 is 3.15 bits per heavy atom. The maximum absolute atomic E-state index is 11.3. The topological polar surface area (TPSA) is 41.8 Å². The number of thioether (sulfide) groups is 1. The van der Waals surface area contributed by atoms with Gasteiger partial charge in [-0.05, 0) is 11.3 Å². The highest BCUT2D eigenvalue weighted by molar-refractivity contribution is 8.17. The van der Waals surface area contributed by atoms with Crippen molar-refractivity contribution in [3.05, 3.63) is 11.0 Å². The second-order valence-corrected chi connectivity index (χ2v) is 4.16. The van der Waals surface area contributed by atoms with Gasteiger partial charge in [0, 0.05) is 0 Å². The maximum Gasteiger partial charge on any atom is 0.260 e. The van der Waals surface area contributed by atoms with E-state index in [0.29, 0.717) is 0 Å². The van der Waals surface area contributed by atoms with Gasteiger partial charge in [0.1, 0.15) is 12.3 Å². The molecule has 2 aliphatic rings. The number of fused-ring (bicyclic) bond motifs is 1. The lowest BCUT2D eigenvalue weighted by Crippen LogP contribution is -2.18. The molecule has 2 rings (SSSR count). The van der Waals surface area contributed by atoms with Crippen LogP contribution in [0.3, 0.4) is 0 Å². The predicted molar refractivity (Wildman–Crippen MR) is 55.0 cm³/mol. The summed E-state index contributed by atoms with van der Waals surface area (Å²) >= 11 is 1.62. The first-order valence-corrected chi connectivity index (χ1v) is 5.15. The average molecular weight is 194 g/mol. The van der Waals surface area contributed by atoms with Crippen molar-refractivity contribution < 1.29 is 4.79 Å². The smallest absolute Gasteiger partial charge is 0.260 e. The second kappa shape index (κ2) is 3.46. The first kappa shape index (κ1) is 8.69. The molecule has 0 spiro atoms. The lowest BCUT2D eigenvalue weighted by Gasteiger charge is -2.06. The molecule has 0 radical (unpaired) electrons. The highest BCUT2D eigenvalue weighted by Gasteiger charge is 2.30. The summed E-state index contributed by atoms with van der Waals surface area (Å²) in [7, 11) is 0. The third-order valence-corrected chi connectivity index (χ3v) is 3.16. The molecule has 3 nitrogen and oxygen atoms in total. The number of aliphatic imine (C=N–C) groups is 2. The quantitative estimate of drug-likeness (QED) is 0.674. The number of hydrogen-bond acceptors (Lipinski definition) is 3. The van der Waals surface area contributed by atoms with Gasteiger partial charge in [-0.3, -0.25) is 4.79 Å². The highest BCUT2D eigenvalue weighted by Crippen LogP contribution is 2.36. The fraction of sp³-hybridized carbons (Fsp3) is 0.444. The van der Waals surface area contributed by atoms with Crippen LogP contribution >= 0.6 is 11.8 Å². The van der Waals surface area contributed by atoms with Crippen LogP contribution in [0.1, 0.15) is 19.8 Å². The van der Waals surface area contributed by atoms with Crippen molar-refractivity contribution in [2.45, 2.75) is 19.8 Å². The molecule has 1 amide bonds. The van der Waals surface area contributed by atoms with Crippen LogP contribution in [-0.4, -0.2) is 17.3 Å². The second-order valence-electron chi connectivity index (χ2n) is 3.01. The summed E-state index contributed by atoms with van der Waals surface area (Å²) in [5.74, 6) is -0.250. The van der Waals surface area contributed by atoms with E-state index in [9.17, 15) is 4.79 Å². The molecule has 0 N–H and O–H groups in total. The van der Waals surface area contributed by atoms with Crippen LogP contribution < -0.4 is 0 Å². The Hall–Kier alpha value is -0.900. The Morgan fingerprint density at radius 1 is 1.62 bits per heavy atom. The van der Waals surface area contributed by atoms with E-state index in [0.717, 1.165) is 17.9 Å². The molecule has 2 aliphatic heterocycles. The van der Waals surface area contributed by atoms with Gasteiger partial charge in [-0.2, -0.15) is 0 Å². The van der Waals surface area contributed by atoms with Crippen molar-refractivity contribution in [1.82, 2.24) is 0 Å². The average Bonchev–Trinajstić information content (AvgIpc) is 2.49. The molecule has 13 heavy (non-hydrogen) atoms. The van der Waals surface area contributed by atoms with Crippen LogP contribution in [0.4, 0.5) is 0 Å². The van der Waals surface area contributed by atoms with Crippen molar-refractivity contribution in [3.63, 3.8) is 0 Å². The summed E-state index contributed by atoms with van der Waals surface area (Å²) in [5, 5.41) is 0.892. The molecular weight excluding hydrogens is 184 g/mol. The van der Waals surface area contributed by atoms with Crippen molar-refractivity contribution in [3.8, 4) is 0 Å². The summed E-state index contributed by atoms with van der Waals surface area (Å²) in [6.07, 6.45) is 5.48. The largest absolute Gasteiger partial charge is 0.271 e. The van der Waals surface area contributed by atoms with Crippen LogP contribution in [0.25, 0.3) is 0 Å². The van der Waals surface area contributed by atoms with E-state index in [-0.39, 0.29) is 11.8 Å². The van der Waals surface area contributed by atoms with Gasteiger partial charge in [0.2, 0.25) is 0 Å². The fourth-order valence-corrected chi connectivity index (χ4v) is 2.55. The van der Waals surface area contributed by atoms with E-state index >= 15 is 0 Å². The first-order chi connectivity index (χ1) is 6.31. The van der Waals surface area contributed by atoms with Crippen LogP contribution in [-0.2, 0) is 4.79 Å². The molecule has 0 aromatic carbocycles. The van der Waals surface area contributed by atoms with Crippen LogP contribution in [0, 0.1) is 5.92 Å². The number of hydrogen-bond donors (Lipinski definition) is 0. The summed E-state index contributed by atoms with van der Waals surface area (Å²) < 4.78 is 0. The molecule has 0 aromatic rings. The zero-order valence-electron chi connectivity index (χ0n) is 7.36. The molecule has 0 aliphatic carbocycles. The summed E-state index contributed by atoms with van der Waals surface area (Å²) in [6.45, 7) is 2.13. The summed E-state index contributed by atoms with van der Waals surface area (Å²) in [5.41, 5.74) is 0. The summed E-state index contributed by atoms with van der Waals surface area (Å²) in [4.78, 5) is 20.3. The van der Waals surface area contributed by atoms with Gasteiger partial charge in [0.15, 0.2) is 0 Å². The Balaban J connectivity index is 2.18. The van der Waals surface area contributed by atoms with E-state index in [1.807, 2.05) is 6.08 Å². The third-order valence-electron chi connectivity index (χ3n) is 1.99. The van der Waals surface area contributed by atoms with Gasteiger partial charge in [0.25, 0.3) is 5.91 Å². The molecule has 0 saturated heterocycles. The highest BCUT2D eigenvalue weighted by atomic mass is 32.2. The zero-order chi connectivity index (χ0) is 9.26. The number of carbonyl (C=O) groups excluding carboxylic acids is 1. The van der Waals surface area contributed by atoms with Crippen LogP contribution in [0.15, 0.2) is 21.0 Å². The minimum atomic E-state index is -0.170. The number of rotatable bonds is 2. The molecule has 1 unspecified atom stereocenters. The standard InChI is InChI=1S/C9H10N2OS/c1-2-3-6-4-7-8(12)10-5-11-9(7)13-6/h4-5,7H,2-3H2,1H3. The minimum absolute atomic E-state index is 0.0800. The van der Waals surface area contributed by atoms with E-state index in [1.165, 1.54) is 11.2 Å². The fourth-order valence-electron chi connectivity index (χ4n) is 1.38. The van der Waals surface area contributed by atoms with Crippen molar-refractivity contribution in [1.29, 1.82) is 0 Å². The molecule has 4 heteroatoms. The molecule has 0 aromatic heterocycles. The van der Waals surface area contributed by atoms with Crippen LogP contribution in [0.5, 0.6) is 0 Å². The molecule has 68 valence electrons. The molecule has 2 heterocycles. The molecule has 0 bridgehead atoms. The Kier molecular flexibility index (Phi) is 2.31. The van der Waals surface area contributed by atoms with Gasteiger partial charge in [-0.15, -0.1) is 0 Å². The Labute approximate surface area is 81.0 Å². The Morgan fingerprint density at radius 2 is 2.46 bits per heavy atom. The van der Waals surface area contributed by atoms with Crippen LogP contribution in [0.2, 0.25) is 0 Å². The normalized spacial score (nSPS) is 25.6. The minimum Gasteiger partial charge on any atom is -0.271 e. The number of nitrogens with zero attached hydrogens (tertiary/aromatic N) is 2. The lowest BCUT2D eigenvalue weighted by atomic mass is 10.1. The molecular formula is C9H10N2OS. The third kappa shape index (κ3) is 1.58. The first-order valence-electron chi connectivity index (χ1n) is 4.34. The van der Waals surface area contributed by atoms with Gasteiger partial charge < -0.3 is 0 Å². The van der Waals surface area contributed by atoms with Gasteiger partial charge in [-0.25, -0.2) is 9.98 Å². The van der Waals surface area contributed by atoms with E-state index in [2.05, 4.69) is 16.9 Å². The molecule has 0 saturated carbocycles. The molecule has 0 fully saturated rings. The van der Waals surface area contributed by atoms with Crippen molar-refractivity contribution in [2.75, 3.05) is 0 Å². The van der Waals surface area contributed by atoms with E-state index < -0.39 is 0 Å². The van der Waals surface area contributed by atoms with Crippen molar-refractivity contribution >= 4 is 29.1 Å². The Bertz CT molecular complexity index is 331. The lowest BCUT2D eigenvalue weighted by molar-refractivity contribution is -0.118. The number of amides is 1. The predicted octanol–water partition coefficient (Wildman–Crippen LogP) is 2.00. The monoisotopic (exact) mass is 194 g/mol. The summed E-state index contributed by atoms with van der Waals surface area (Å²) in [6, 6.07) is 0. The van der Waals surface area contributed by atoms with E-state index in [4.69, 9.17) is 0 Å². The maximum atomic E-state index is 11.3.